The van der Waals surface area contributed by atoms with Crippen molar-refractivity contribution >= 4 is 34.8 Å². The quantitative estimate of drug-likeness (QED) is 0.738. The molecule has 0 aliphatic heterocycles. The van der Waals surface area contributed by atoms with E-state index in [2.05, 4.69) is 10.6 Å². The van der Waals surface area contributed by atoms with Gasteiger partial charge in [0.25, 0.3) is 11.8 Å². The Kier molecular flexibility index (Phi) is 6.56. The van der Waals surface area contributed by atoms with Gasteiger partial charge < -0.3 is 15.5 Å². The lowest BCUT2D eigenvalue weighted by Crippen LogP contribution is -3.11. The van der Waals surface area contributed by atoms with Crippen LogP contribution in [0.15, 0.2) is 42.5 Å². The van der Waals surface area contributed by atoms with Gasteiger partial charge in [0.05, 0.1) is 17.8 Å². The standard InChI is InChI=1S/C19H22ClN3O2/c1-13-4-7-15(8-5-13)21-18(24)11-23(3)12-19(25)22-17-9-6-14(2)10-16(17)20/h4-10H,11-12H2,1-3H3,(H,21,24)(H,22,25)/p+1. The Morgan fingerprint density at radius 1 is 0.920 bits per heavy atom. The van der Waals surface area contributed by atoms with Gasteiger partial charge in [0.1, 0.15) is 0 Å². The number of likely N-dealkylation sites (N-methyl/N-ethyl adjacent to an activating group) is 1. The number of rotatable bonds is 6. The molecule has 25 heavy (non-hydrogen) atoms. The lowest BCUT2D eigenvalue weighted by molar-refractivity contribution is -0.862. The molecule has 2 aromatic carbocycles. The number of quaternary nitrogens is 1. The summed E-state index contributed by atoms with van der Waals surface area (Å²) >= 11 is 6.11. The minimum atomic E-state index is -0.189. The molecule has 0 aliphatic rings. The average Bonchev–Trinajstić information content (AvgIpc) is 2.52. The van der Waals surface area contributed by atoms with Crippen molar-refractivity contribution in [2.45, 2.75) is 13.8 Å². The molecule has 0 aromatic heterocycles. The van der Waals surface area contributed by atoms with E-state index in [1.165, 1.54) is 0 Å². The summed E-state index contributed by atoms with van der Waals surface area (Å²) in [5, 5.41) is 6.10. The normalized spacial score (nSPS) is 11.7. The van der Waals surface area contributed by atoms with Gasteiger partial charge >= 0.3 is 0 Å². The molecule has 2 rings (SSSR count). The molecule has 6 heteroatoms. The fourth-order valence-corrected chi connectivity index (χ4v) is 2.65. The van der Waals surface area contributed by atoms with E-state index in [4.69, 9.17) is 11.6 Å². The average molecular weight is 361 g/mol. The van der Waals surface area contributed by atoms with Crippen molar-refractivity contribution in [3.8, 4) is 0 Å². The molecule has 2 aromatic rings. The maximum absolute atomic E-state index is 12.1. The van der Waals surface area contributed by atoms with Gasteiger partial charge in [-0.2, -0.15) is 0 Å². The Labute approximate surface area is 153 Å². The predicted octanol–water partition coefficient (Wildman–Crippen LogP) is 2.05. The molecule has 1 atom stereocenters. The lowest BCUT2D eigenvalue weighted by atomic mass is 10.2. The zero-order valence-electron chi connectivity index (χ0n) is 14.7. The summed E-state index contributed by atoms with van der Waals surface area (Å²) in [5.74, 6) is -0.325. The fraction of sp³-hybridized carbons (Fsp3) is 0.263. The van der Waals surface area contributed by atoms with E-state index in [0.717, 1.165) is 21.7 Å². The molecule has 0 saturated heterocycles. The van der Waals surface area contributed by atoms with Gasteiger partial charge in [-0.15, -0.1) is 0 Å². The monoisotopic (exact) mass is 360 g/mol. The molecular weight excluding hydrogens is 338 g/mol. The molecule has 0 spiro atoms. The topological polar surface area (TPSA) is 62.6 Å². The minimum Gasteiger partial charge on any atom is -0.322 e. The highest BCUT2D eigenvalue weighted by molar-refractivity contribution is 6.33. The van der Waals surface area contributed by atoms with Crippen LogP contribution < -0.4 is 15.5 Å². The van der Waals surface area contributed by atoms with Crippen molar-refractivity contribution in [2.75, 3.05) is 30.8 Å². The zero-order chi connectivity index (χ0) is 18.4. The third-order valence-corrected chi connectivity index (χ3v) is 3.97. The predicted molar refractivity (Wildman–Crippen MR) is 101 cm³/mol. The molecule has 1 unspecified atom stereocenters. The number of amides is 2. The highest BCUT2D eigenvalue weighted by Gasteiger charge is 2.15. The van der Waals surface area contributed by atoms with E-state index < -0.39 is 0 Å². The summed E-state index contributed by atoms with van der Waals surface area (Å²) in [6.45, 7) is 4.29. The SMILES string of the molecule is Cc1ccc(NC(=O)C[NH+](C)CC(=O)Nc2ccc(C)cc2Cl)cc1. The molecule has 0 aliphatic carbocycles. The molecule has 3 N–H and O–H groups in total. The van der Waals surface area contributed by atoms with E-state index in [9.17, 15) is 9.59 Å². The summed E-state index contributed by atoms with van der Waals surface area (Å²) in [6.07, 6.45) is 0. The molecule has 0 bridgehead atoms. The van der Waals surface area contributed by atoms with E-state index in [0.29, 0.717) is 10.7 Å². The molecule has 0 saturated carbocycles. The molecule has 2 amide bonds. The largest absolute Gasteiger partial charge is 0.322 e. The maximum Gasteiger partial charge on any atom is 0.279 e. The summed E-state index contributed by atoms with van der Waals surface area (Å²) in [6, 6.07) is 13.0. The first-order valence-electron chi connectivity index (χ1n) is 8.07. The highest BCUT2D eigenvalue weighted by atomic mass is 35.5. The second-order valence-electron chi connectivity index (χ2n) is 6.26. The number of benzene rings is 2. The van der Waals surface area contributed by atoms with Crippen LogP contribution >= 0.6 is 11.6 Å². The van der Waals surface area contributed by atoms with Crippen LogP contribution in [-0.2, 0) is 9.59 Å². The van der Waals surface area contributed by atoms with Gasteiger partial charge in [-0.05, 0) is 43.7 Å². The van der Waals surface area contributed by atoms with Gasteiger partial charge in [0.15, 0.2) is 13.1 Å². The van der Waals surface area contributed by atoms with Crippen molar-refractivity contribution in [2.24, 2.45) is 0 Å². The van der Waals surface area contributed by atoms with E-state index in [1.54, 1.807) is 19.2 Å². The molecule has 132 valence electrons. The molecule has 5 nitrogen and oxygen atoms in total. The van der Waals surface area contributed by atoms with Crippen LogP contribution in [0.5, 0.6) is 0 Å². The van der Waals surface area contributed by atoms with Crippen molar-refractivity contribution in [3.63, 3.8) is 0 Å². The van der Waals surface area contributed by atoms with Crippen molar-refractivity contribution < 1.29 is 14.5 Å². The molecule has 0 fully saturated rings. The van der Waals surface area contributed by atoms with Gasteiger partial charge in [-0.1, -0.05) is 35.4 Å². The van der Waals surface area contributed by atoms with Crippen LogP contribution in [0.4, 0.5) is 11.4 Å². The summed E-state index contributed by atoms with van der Waals surface area (Å²) < 4.78 is 0. The van der Waals surface area contributed by atoms with Crippen molar-refractivity contribution in [1.29, 1.82) is 0 Å². The summed E-state index contributed by atoms with van der Waals surface area (Å²) in [7, 11) is 1.80. The molecular formula is C19H23ClN3O2+. The number of hydrogen-bond donors (Lipinski definition) is 3. The third kappa shape index (κ3) is 6.21. The number of hydrogen-bond acceptors (Lipinski definition) is 2. The second kappa shape index (κ2) is 8.65. The van der Waals surface area contributed by atoms with Crippen LogP contribution in [0.1, 0.15) is 11.1 Å². The van der Waals surface area contributed by atoms with Crippen LogP contribution in [0.3, 0.4) is 0 Å². The fourth-order valence-electron chi connectivity index (χ4n) is 2.37. The number of halogens is 1. The molecule has 0 heterocycles. The van der Waals surface area contributed by atoms with E-state index in [1.807, 2.05) is 44.2 Å². The Hall–Kier alpha value is -2.37. The maximum atomic E-state index is 12.1. The van der Waals surface area contributed by atoms with Gasteiger partial charge in [0.2, 0.25) is 0 Å². The number of anilines is 2. The van der Waals surface area contributed by atoms with Gasteiger partial charge in [-0.25, -0.2) is 0 Å². The third-order valence-electron chi connectivity index (χ3n) is 3.66. The number of nitrogens with one attached hydrogen (secondary N) is 3. The Bertz CT molecular complexity index is 760. The zero-order valence-corrected chi connectivity index (χ0v) is 15.4. The van der Waals surface area contributed by atoms with Crippen LogP contribution in [0, 0.1) is 13.8 Å². The number of aryl methyl sites for hydroxylation is 2. The number of carbonyl (C=O) groups is 2. The Morgan fingerprint density at radius 2 is 1.48 bits per heavy atom. The Morgan fingerprint density at radius 3 is 2.08 bits per heavy atom. The van der Waals surface area contributed by atoms with Crippen LogP contribution in [-0.4, -0.2) is 32.0 Å². The van der Waals surface area contributed by atoms with Gasteiger partial charge in [0, 0.05) is 5.69 Å². The molecule has 0 radical (unpaired) electrons. The lowest BCUT2D eigenvalue weighted by Gasteiger charge is -2.14. The smallest absolute Gasteiger partial charge is 0.279 e. The number of carbonyl (C=O) groups excluding carboxylic acids is 2. The van der Waals surface area contributed by atoms with E-state index >= 15 is 0 Å². The summed E-state index contributed by atoms with van der Waals surface area (Å²) in [4.78, 5) is 25.0. The second-order valence-corrected chi connectivity index (χ2v) is 6.66. The Balaban J connectivity index is 1.82. The van der Waals surface area contributed by atoms with Crippen molar-refractivity contribution in [1.82, 2.24) is 0 Å². The van der Waals surface area contributed by atoms with Crippen molar-refractivity contribution in [3.05, 3.63) is 58.6 Å². The van der Waals surface area contributed by atoms with Gasteiger partial charge in [-0.3, -0.25) is 9.59 Å². The highest BCUT2D eigenvalue weighted by Crippen LogP contribution is 2.22. The van der Waals surface area contributed by atoms with Crippen LogP contribution in [0.25, 0.3) is 0 Å². The first-order chi connectivity index (χ1) is 11.8. The first-order valence-corrected chi connectivity index (χ1v) is 8.45. The first kappa shape index (κ1) is 19.0. The minimum absolute atomic E-state index is 0.137. The summed E-state index contributed by atoms with van der Waals surface area (Å²) in [5.41, 5.74) is 3.49. The van der Waals surface area contributed by atoms with Crippen LogP contribution in [0.2, 0.25) is 5.02 Å². The van der Waals surface area contributed by atoms with E-state index in [-0.39, 0.29) is 24.9 Å².